The molecule has 0 radical (unpaired) electrons. The van der Waals surface area contributed by atoms with Crippen molar-refractivity contribution in [3.8, 4) is 5.75 Å². The van der Waals surface area contributed by atoms with Crippen LogP contribution < -0.4 is 4.74 Å². The first-order valence-corrected chi connectivity index (χ1v) is 11.9. The van der Waals surface area contributed by atoms with Gasteiger partial charge in [0.1, 0.15) is 17.3 Å². The van der Waals surface area contributed by atoms with Gasteiger partial charge in [-0.1, -0.05) is 44.7 Å². The molecule has 0 bridgehead atoms. The maximum Gasteiger partial charge on any atom is 0.343 e. The van der Waals surface area contributed by atoms with Gasteiger partial charge in [0.25, 0.3) is 0 Å². The molecule has 0 N–H and O–H groups in total. The van der Waals surface area contributed by atoms with Crippen LogP contribution in [0.2, 0.25) is 0 Å². The molecule has 0 fully saturated rings. The van der Waals surface area contributed by atoms with E-state index in [2.05, 4.69) is 13.2 Å². The summed E-state index contributed by atoms with van der Waals surface area (Å²) in [6.45, 7) is 15.1. The summed E-state index contributed by atoms with van der Waals surface area (Å²) in [5.74, 6) is -0.465. The van der Waals surface area contributed by atoms with Crippen LogP contribution in [0.3, 0.4) is 0 Å². The molecule has 37 heavy (non-hydrogen) atoms. The third kappa shape index (κ3) is 11.7. The van der Waals surface area contributed by atoms with Gasteiger partial charge in [-0.3, -0.25) is 0 Å². The van der Waals surface area contributed by atoms with Crippen molar-refractivity contribution < 1.29 is 33.3 Å². The topological polar surface area (TPSA) is 88.1 Å². The van der Waals surface area contributed by atoms with Crippen molar-refractivity contribution in [2.45, 2.75) is 34.1 Å². The third-order valence-corrected chi connectivity index (χ3v) is 4.49. The van der Waals surface area contributed by atoms with Crippen molar-refractivity contribution in [2.24, 2.45) is 0 Å². The molecular formula is C30H34O7. The molecule has 2 aromatic rings. The molecule has 2 aromatic carbocycles. The number of benzene rings is 2. The molecule has 0 saturated heterocycles. The van der Waals surface area contributed by atoms with Crippen LogP contribution >= 0.6 is 0 Å². The SMILES string of the molecule is C=CC(=O)OCCCOc1ccc(C(=O)O/C(C=C)=C/C=C(\C)OC(=O)c2ccc(C)cc2)cc1.CC. The summed E-state index contributed by atoms with van der Waals surface area (Å²) >= 11 is 0. The lowest BCUT2D eigenvalue weighted by Gasteiger charge is -2.08. The van der Waals surface area contributed by atoms with Crippen LogP contribution in [-0.2, 0) is 19.0 Å². The minimum Gasteiger partial charge on any atom is -0.493 e. The second-order valence-corrected chi connectivity index (χ2v) is 7.29. The molecule has 7 heteroatoms. The van der Waals surface area contributed by atoms with E-state index in [1.54, 1.807) is 43.3 Å². The Morgan fingerprint density at radius 1 is 0.784 bits per heavy atom. The van der Waals surface area contributed by atoms with E-state index in [9.17, 15) is 14.4 Å². The van der Waals surface area contributed by atoms with E-state index >= 15 is 0 Å². The maximum absolute atomic E-state index is 12.4. The smallest absolute Gasteiger partial charge is 0.343 e. The van der Waals surface area contributed by atoms with Crippen molar-refractivity contribution in [3.05, 3.63) is 114 Å². The number of ether oxygens (including phenoxy) is 4. The van der Waals surface area contributed by atoms with Gasteiger partial charge in [0.15, 0.2) is 0 Å². The molecule has 0 heterocycles. The Labute approximate surface area is 218 Å². The molecule has 196 valence electrons. The van der Waals surface area contributed by atoms with Gasteiger partial charge in [-0.15, -0.1) is 0 Å². The molecule has 0 aliphatic rings. The number of esters is 3. The molecule has 0 amide bonds. The van der Waals surface area contributed by atoms with Crippen LogP contribution in [0.5, 0.6) is 5.75 Å². The van der Waals surface area contributed by atoms with Gasteiger partial charge in [0, 0.05) is 12.5 Å². The number of aryl methyl sites for hydroxylation is 1. The van der Waals surface area contributed by atoms with Gasteiger partial charge in [-0.25, -0.2) is 14.4 Å². The number of hydrogen-bond donors (Lipinski definition) is 0. The van der Waals surface area contributed by atoms with Crippen LogP contribution in [-0.4, -0.2) is 31.1 Å². The Hall–Kier alpha value is -4.39. The first kappa shape index (κ1) is 30.6. The zero-order valence-electron chi connectivity index (χ0n) is 21.8. The normalized spacial score (nSPS) is 10.8. The molecular weight excluding hydrogens is 472 g/mol. The second kappa shape index (κ2) is 17.1. The standard InChI is InChI=1S/C28H28O7.C2H6/c1-5-24(15-10-21(4)34-27(30)22-11-8-20(3)9-12-22)35-28(31)23-13-16-25(17-14-23)32-18-7-19-33-26(29)6-2;1-2/h5-6,8-17H,1-2,7,18-19H2,3-4H3;1-2H3/b21-10+,24-15+;. The Morgan fingerprint density at radius 2 is 1.35 bits per heavy atom. The molecule has 0 atom stereocenters. The van der Waals surface area contributed by atoms with Crippen LogP contribution in [0.15, 0.2) is 97.5 Å². The van der Waals surface area contributed by atoms with Gasteiger partial charge in [0.2, 0.25) is 0 Å². The fraction of sp³-hybridized carbons (Fsp3) is 0.233. The molecule has 7 nitrogen and oxygen atoms in total. The van der Waals surface area contributed by atoms with Crippen molar-refractivity contribution >= 4 is 17.9 Å². The number of allylic oxidation sites excluding steroid dienone is 4. The quantitative estimate of drug-likeness (QED) is 0.0810. The van der Waals surface area contributed by atoms with E-state index in [1.165, 1.54) is 18.2 Å². The average Bonchev–Trinajstić information content (AvgIpc) is 2.92. The lowest BCUT2D eigenvalue weighted by Crippen LogP contribution is -2.07. The zero-order valence-corrected chi connectivity index (χ0v) is 21.8. The predicted octanol–water partition coefficient (Wildman–Crippen LogP) is 6.51. The van der Waals surface area contributed by atoms with Crippen molar-refractivity contribution in [1.82, 2.24) is 0 Å². The third-order valence-electron chi connectivity index (χ3n) is 4.49. The fourth-order valence-corrected chi connectivity index (χ4v) is 2.61. The van der Waals surface area contributed by atoms with Gasteiger partial charge < -0.3 is 18.9 Å². The number of rotatable bonds is 12. The number of hydrogen-bond acceptors (Lipinski definition) is 7. The highest BCUT2D eigenvalue weighted by molar-refractivity contribution is 5.91. The minimum atomic E-state index is -0.582. The van der Waals surface area contributed by atoms with Crippen molar-refractivity contribution in [2.75, 3.05) is 13.2 Å². The minimum absolute atomic E-state index is 0.190. The van der Waals surface area contributed by atoms with Gasteiger partial charge in [0.05, 0.1) is 24.3 Å². The second-order valence-electron chi connectivity index (χ2n) is 7.29. The zero-order chi connectivity index (χ0) is 27.6. The first-order chi connectivity index (χ1) is 17.8. The van der Waals surface area contributed by atoms with Crippen LogP contribution in [0.4, 0.5) is 0 Å². The number of carbonyl (C=O) groups is 3. The molecule has 0 unspecified atom stereocenters. The van der Waals surface area contributed by atoms with E-state index in [0.29, 0.717) is 35.7 Å². The van der Waals surface area contributed by atoms with E-state index < -0.39 is 17.9 Å². The summed E-state index contributed by atoms with van der Waals surface area (Å²) < 4.78 is 21.1. The molecule has 0 spiro atoms. The van der Waals surface area contributed by atoms with Crippen molar-refractivity contribution in [1.29, 1.82) is 0 Å². The summed E-state index contributed by atoms with van der Waals surface area (Å²) in [5, 5.41) is 0. The lowest BCUT2D eigenvalue weighted by molar-refractivity contribution is -0.137. The first-order valence-electron chi connectivity index (χ1n) is 11.9. The van der Waals surface area contributed by atoms with E-state index in [1.807, 2.05) is 32.9 Å². The van der Waals surface area contributed by atoms with Gasteiger partial charge in [-0.2, -0.15) is 0 Å². The Kier molecular flexibility index (Phi) is 14.2. The summed E-state index contributed by atoms with van der Waals surface area (Å²) in [6.07, 6.45) is 5.99. The Balaban J connectivity index is 0.00000334. The highest BCUT2D eigenvalue weighted by Crippen LogP contribution is 2.15. The predicted molar refractivity (Wildman–Crippen MR) is 143 cm³/mol. The molecule has 0 aromatic heterocycles. The van der Waals surface area contributed by atoms with Crippen LogP contribution in [0, 0.1) is 6.92 Å². The van der Waals surface area contributed by atoms with E-state index in [0.717, 1.165) is 11.6 Å². The van der Waals surface area contributed by atoms with E-state index in [4.69, 9.17) is 18.9 Å². The Morgan fingerprint density at radius 3 is 1.92 bits per heavy atom. The van der Waals surface area contributed by atoms with Crippen LogP contribution in [0.1, 0.15) is 53.5 Å². The maximum atomic E-state index is 12.4. The largest absolute Gasteiger partial charge is 0.493 e. The summed E-state index contributed by atoms with van der Waals surface area (Å²) in [6, 6.07) is 13.4. The summed E-state index contributed by atoms with van der Waals surface area (Å²) in [4.78, 5) is 35.6. The summed E-state index contributed by atoms with van der Waals surface area (Å²) in [5.41, 5.74) is 1.79. The average molecular weight is 507 g/mol. The Bertz CT molecular complexity index is 1110. The monoisotopic (exact) mass is 506 g/mol. The van der Waals surface area contributed by atoms with E-state index in [-0.39, 0.29) is 12.4 Å². The fourth-order valence-electron chi connectivity index (χ4n) is 2.61. The molecule has 0 saturated carbocycles. The highest BCUT2D eigenvalue weighted by atomic mass is 16.5. The highest BCUT2D eigenvalue weighted by Gasteiger charge is 2.10. The van der Waals surface area contributed by atoms with Crippen molar-refractivity contribution in [3.63, 3.8) is 0 Å². The lowest BCUT2D eigenvalue weighted by atomic mass is 10.1. The summed E-state index contributed by atoms with van der Waals surface area (Å²) in [7, 11) is 0. The number of carbonyl (C=O) groups excluding carboxylic acids is 3. The van der Waals surface area contributed by atoms with Gasteiger partial charge in [-0.05, 0) is 68.5 Å². The molecule has 0 aliphatic heterocycles. The van der Waals surface area contributed by atoms with Crippen LogP contribution in [0.25, 0.3) is 0 Å². The molecule has 2 rings (SSSR count). The molecule has 0 aliphatic carbocycles. The van der Waals surface area contributed by atoms with Gasteiger partial charge >= 0.3 is 17.9 Å².